The van der Waals surface area contributed by atoms with E-state index >= 15 is 0 Å². The molecule has 0 aromatic heterocycles. The third-order valence-corrected chi connectivity index (χ3v) is 2.18. The Balaban J connectivity index is 2.43. The normalized spacial score (nSPS) is 10.9. The first-order chi connectivity index (χ1) is 7.22. The van der Waals surface area contributed by atoms with Gasteiger partial charge in [0.1, 0.15) is 0 Å². The molecule has 2 nitrogen and oxygen atoms in total. The van der Waals surface area contributed by atoms with Crippen LogP contribution in [0, 0.1) is 5.92 Å². The molecule has 0 unspecified atom stereocenters. The topological polar surface area (TPSA) is 21.3 Å². The van der Waals surface area contributed by atoms with Crippen LogP contribution in [0.15, 0.2) is 24.3 Å². The summed E-state index contributed by atoms with van der Waals surface area (Å²) in [6.45, 7) is 7.13. The van der Waals surface area contributed by atoms with Crippen molar-refractivity contribution in [2.45, 2.75) is 27.0 Å². The largest absolute Gasteiger partial charge is 0.380 e. The minimum absolute atomic E-state index is 0.692. The minimum atomic E-state index is 0.692. The number of hydrogen-bond acceptors (Lipinski definition) is 2. The van der Waals surface area contributed by atoms with E-state index in [9.17, 15) is 0 Å². The lowest BCUT2D eigenvalue weighted by atomic mass is 10.1. The first-order valence-electron chi connectivity index (χ1n) is 5.50. The molecule has 0 aliphatic carbocycles. The molecule has 1 N–H and O–H groups in total. The van der Waals surface area contributed by atoms with Crippen LogP contribution < -0.4 is 5.32 Å². The molecule has 0 bridgehead atoms. The van der Waals surface area contributed by atoms with Gasteiger partial charge >= 0.3 is 0 Å². The van der Waals surface area contributed by atoms with Gasteiger partial charge < -0.3 is 10.1 Å². The lowest BCUT2D eigenvalue weighted by Crippen LogP contribution is -2.18. The fraction of sp³-hybridized carbons (Fsp3) is 0.538. The van der Waals surface area contributed by atoms with E-state index in [-0.39, 0.29) is 0 Å². The van der Waals surface area contributed by atoms with Crippen molar-refractivity contribution >= 4 is 0 Å². The van der Waals surface area contributed by atoms with Crippen LogP contribution in [0.5, 0.6) is 0 Å². The number of methoxy groups -OCH3 is 1. The van der Waals surface area contributed by atoms with Crippen LogP contribution in [0.25, 0.3) is 0 Å². The third kappa shape index (κ3) is 4.96. The molecule has 0 aliphatic heterocycles. The molecule has 0 fully saturated rings. The molecule has 0 aliphatic rings. The summed E-state index contributed by atoms with van der Waals surface area (Å²) in [6.07, 6.45) is 0. The van der Waals surface area contributed by atoms with Crippen molar-refractivity contribution in [1.29, 1.82) is 0 Å². The van der Waals surface area contributed by atoms with E-state index in [1.807, 2.05) is 0 Å². The lowest BCUT2D eigenvalue weighted by molar-refractivity contribution is 0.185. The first kappa shape index (κ1) is 12.2. The maximum Gasteiger partial charge on any atom is 0.0713 e. The van der Waals surface area contributed by atoms with E-state index in [1.165, 1.54) is 11.1 Å². The summed E-state index contributed by atoms with van der Waals surface area (Å²) >= 11 is 0. The smallest absolute Gasteiger partial charge is 0.0713 e. The van der Waals surface area contributed by atoms with Gasteiger partial charge in [0.05, 0.1) is 6.61 Å². The molecular formula is C13H21NO. The van der Waals surface area contributed by atoms with E-state index < -0.39 is 0 Å². The number of hydrogen-bond donors (Lipinski definition) is 1. The van der Waals surface area contributed by atoms with E-state index in [4.69, 9.17) is 4.74 Å². The molecule has 1 rings (SSSR count). The maximum absolute atomic E-state index is 5.11. The van der Waals surface area contributed by atoms with Crippen LogP contribution in [-0.2, 0) is 17.9 Å². The predicted octanol–water partition coefficient (Wildman–Crippen LogP) is 2.58. The van der Waals surface area contributed by atoms with Gasteiger partial charge in [-0.15, -0.1) is 0 Å². The van der Waals surface area contributed by atoms with Crippen LogP contribution in [0.1, 0.15) is 25.0 Å². The molecule has 0 saturated carbocycles. The fourth-order valence-corrected chi connectivity index (χ4v) is 1.50. The quantitative estimate of drug-likeness (QED) is 0.774. The van der Waals surface area contributed by atoms with E-state index in [0.29, 0.717) is 12.5 Å². The molecule has 0 spiro atoms. The zero-order valence-corrected chi connectivity index (χ0v) is 9.92. The molecule has 2 heteroatoms. The lowest BCUT2D eigenvalue weighted by Gasteiger charge is -2.08. The van der Waals surface area contributed by atoms with Crippen LogP contribution >= 0.6 is 0 Å². The van der Waals surface area contributed by atoms with Gasteiger partial charge in [0, 0.05) is 13.7 Å². The summed E-state index contributed by atoms with van der Waals surface area (Å²) in [5.41, 5.74) is 2.56. The van der Waals surface area contributed by atoms with E-state index in [0.717, 1.165) is 13.1 Å². The molecule has 1 aromatic carbocycles. The van der Waals surface area contributed by atoms with E-state index in [2.05, 4.69) is 43.4 Å². The highest BCUT2D eigenvalue weighted by Gasteiger charge is 1.97. The van der Waals surface area contributed by atoms with Crippen molar-refractivity contribution in [1.82, 2.24) is 5.32 Å². The highest BCUT2D eigenvalue weighted by molar-refractivity contribution is 5.22. The molecule has 0 atom stereocenters. The van der Waals surface area contributed by atoms with Gasteiger partial charge in [-0.1, -0.05) is 38.1 Å². The molecule has 1 aromatic rings. The first-order valence-corrected chi connectivity index (χ1v) is 5.50. The van der Waals surface area contributed by atoms with Gasteiger partial charge in [0.25, 0.3) is 0 Å². The van der Waals surface area contributed by atoms with Crippen molar-refractivity contribution in [2.75, 3.05) is 13.7 Å². The Bertz CT molecular complexity index is 284. The summed E-state index contributed by atoms with van der Waals surface area (Å²) < 4.78 is 5.11. The predicted molar refractivity (Wildman–Crippen MR) is 63.7 cm³/mol. The Morgan fingerprint density at radius 3 is 2.67 bits per heavy atom. The van der Waals surface area contributed by atoms with Gasteiger partial charge in [-0.2, -0.15) is 0 Å². The van der Waals surface area contributed by atoms with Gasteiger partial charge in [0.2, 0.25) is 0 Å². The van der Waals surface area contributed by atoms with Crippen LogP contribution in [-0.4, -0.2) is 13.7 Å². The molecule has 0 heterocycles. The average molecular weight is 207 g/mol. The summed E-state index contributed by atoms with van der Waals surface area (Å²) in [6, 6.07) is 8.51. The summed E-state index contributed by atoms with van der Waals surface area (Å²) in [4.78, 5) is 0. The Kier molecular flexibility index (Phi) is 5.37. The number of nitrogens with one attached hydrogen (secondary N) is 1. The van der Waals surface area contributed by atoms with Crippen molar-refractivity contribution in [3.63, 3.8) is 0 Å². The second-order valence-electron chi connectivity index (χ2n) is 4.28. The second-order valence-corrected chi connectivity index (χ2v) is 4.28. The van der Waals surface area contributed by atoms with Gasteiger partial charge in [-0.3, -0.25) is 0 Å². The van der Waals surface area contributed by atoms with Crippen molar-refractivity contribution in [2.24, 2.45) is 5.92 Å². The van der Waals surface area contributed by atoms with Crippen molar-refractivity contribution in [3.05, 3.63) is 35.4 Å². The van der Waals surface area contributed by atoms with Gasteiger partial charge in [0.15, 0.2) is 0 Å². The SMILES string of the molecule is COCc1cccc(CNCC(C)C)c1. The van der Waals surface area contributed by atoms with Gasteiger partial charge in [-0.05, 0) is 23.6 Å². The average Bonchev–Trinajstić information content (AvgIpc) is 2.18. The second kappa shape index (κ2) is 6.59. The Hall–Kier alpha value is -0.860. The Labute approximate surface area is 92.6 Å². The molecule has 84 valence electrons. The third-order valence-electron chi connectivity index (χ3n) is 2.18. The number of rotatable bonds is 6. The zero-order chi connectivity index (χ0) is 11.1. The summed E-state index contributed by atoms with van der Waals surface area (Å²) in [5, 5.41) is 3.43. The standard InChI is InChI=1S/C13H21NO/c1-11(2)8-14-9-12-5-4-6-13(7-12)10-15-3/h4-7,11,14H,8-10H2,1-3H3. The minimum Gasteiger partial charge on any atom is -0.380 e. The van der Waals surface area contributed by atoms with E-state index in [1.54, 1.807) is 7.11 Å². The number of benzene rings is 1. The zero-order valence-electron chi connectivity index (χ0n) is 9.92. The molecule has 0 radical (unpaired) electrons. The van der Waals surface area contributed by atoms with Crippen LogP contribution in [0.4, 0.5) is 0 Å². The fourth-order valence-electron chi connectivity index (χ4n) is 1.50. The summed E-state index contributed by atoms with van der Waals surface area (Å²) in [7, 11) is 1.73. The molecule has 0 amide bonds. The molecule has 15 heavy (non-hydrogen) atoms. The van der Waals surface area contributed by atoms with Crippen LogP contribution in [0.3, 0.4) is 0 Å². The molecular weight excluding hydrogens is 186 g/mol. The van der Waals surface area contributed by atoms with Crippen molar-refractivity contribution in [3.8, 4) is 0 Å². The monoisotopic (exact) mass is 207 g/mol. The molecule has 0 saturated heterocycles. The Morgan fingerprint density at radius 2 is 2.00 bits per heavy atom. The Morgan fingerprint density at radius 1 is 1.27 bits per heavy atom. The van der Waals surface area contributed by atoms with Gasteiger partial charge in [-0.25, -0.2) is 0 Å². The highest BCUT2D eigenvalue weighted by Crippen LogP contribution is 2.06. The maximum atomic E-state index is 5.11. The van der Waals surface area contributed by atoms with Crippen LogP contribution in [0.2, 0.25) is 0 Å². The number of ether oxygens (including phenoxy) is 1. The summed E-state index contributed by atoms with van der Waals surface area (Å²) in [5.74, 6) is 0.701. The van der Waals surface area contributed by atoms with Crippen molar-refractivity contribution < 1.29 is 4.74 Å². The highest BCUT2D eigenvalue weighted by atomic mass is 16.5.